The van der Waals surface area contributed by atoms with Crippen molar-refractivity contribution in [1.82, 2.24) is 108 Å². The van der Waals surface area contributed by atoms with Gasteiger partial charge in [-0.3, -0.25) is 86.9 Å². The molecule has 2 saturated heterocycles. The zero-order valence-electron chi connectivity index (χ0n) is 77.4. The fraction of sp³-hybridized carbons (Fsp3) is 0.505. The highest BCUT2D eigenvalue weighted by Gasteiger charge is 2.44. The highest BCUT2D eigenvalue weighted by molar-refractivity contribution is 8.00. The lowest BCUT2D eigenvalue weighted by Gasteiger charge is -2.36. The first-order valence-corrected chi connectivity index (χ1v) is 46.4. The topological polar surface area (TPSA) is 637 Å². The number of carbonyl (C=O) groups is 17. The maximum absolute atomic E-state index is 15.7. The summed E-state index contributed by atoms with van der Waals surface area (Å²) in [6, 6.07) is 1.41. The van der Waals surface area contributed by atoms with Crippen LogP contribution < -0.4 is 75.7 Å². The zero-order valence-corrected chi connectivity index (χ0v) is 78.2. The van der Waals surface area contributed by atoms with Gasteiger partial charge in [-0.2, -0.15) is 0 Å². The fourth-order valence-corrected chi connectivity index (χ4v) is 17.3. The molecule has 2 aliphatic rings. The molecule has 43 nitrogen and oxygen atoms in total. The number of nitrogens with zero attached hydrogens (tertiary/aromatic N) is 6. The van der Waals surface area contributed by atoms with E-state index in [4.69, 9.17) is 22.6 Å². The lowest BCUT2D eigenvalue weighted by Crippen LogP contribution is -2.61. The van der Waals surface area contributed by atoms with Crippen molar-refractivity contribution >= 4 is 151 Å². The molecule has 9 rings (SSSR count). The van der Waals surface area contributed by atoms with Crippen molar-refractivity contribution in [3.05, 3.63) is 126 Å². The van der Waals surface area contributed by atoms with Gasteiger partial charge in [0.2, 0.25) is 100 Å². The van der Waals surface area contributed by atoms with Crippen LogP contribution in [0.4, 0.5) is 0 Å². The number of unbranched alkanes of at least 4 members (excludes halogenated alkanes) is 2. The Morgan fingerprint density at radius 1 is 0.519 bits per heavy atom. The van der Waals surface area contributed by atoms with Crippen LogP contribution in [0.3, 0.4) is 0 Å². The minimum Gasteiger partial charge on any atom is -0.394 e. The molecular formula is C91H127N25O18S. The number of nitrogens with one attached hydrogen (secondary N) is 16. The fourth-order valence-electron chi connectivity index (χ4n) is 16.5. The molecular weight excluding hydrogens is 1760 g/mol. The zero-order chi connectivity index (χ0) is 98.4. The molecule has 0 unspecified atom stereocenters. The van der Waals surface area contributed by atoms with Crippen molar-refractivity contribution in [2.45, 2.75) is 216 Å². The summed E-state index contributed by atoms with van der Waals surface area (Å²) in [6.45, 7) is 5.91. The number of aromatic nitrogens is 5. The predicted molar refractivity (Wildman–Crippen MR) is 501 cm³/mol. The molecule has 23 N–H and O–H groups in total. The minimum atomic E-state index is -1.85. The Bertz CT molecular complexity index is 5390. The summed E-state index contributed by atoms with van der Waals surface area (Å²) in [5, 5.41) is 50.2. The number of nitrogens with two attached hydrogens (primary N) is 3. The monoisotopic (exact) mass is 1890 g/mol. The van der Waals surface area contributed by atoms with E-state index >= 15 is 33.6 Å². The molecule has 0 radical (unpaired) electrons. The van der Waals surface area contributed by atoms with Crippen molar-refractivity contribution in [3.8, 4) is 0 Å². The molecule has 0 saturated carbocycles. The quantitative estimate of drug-likeness (QED) is 0.0164. The number of hydrogen-bond donors (Lipinski definition) is 20. The van der Waals surface area contributed by atoms with Crippen LogP contribution >= 0.6 is 11.8 Å². The number of amides is 17. The van der Waals surface area contributed by atoms with E-state index in [1.54, 1.807) is 105 Å². The van der Waals surface area contributed by atoms with Gasteiger partial charge < -0.3 is 125 Å². The van der Waals surface area contributed by atoms with Gasteiger partial charge in [0.25, 0.3) is 0 Å². The third-order valence-electron chi connectivity index (χ3n) is 24.0. The van der Waals surface area contributed by atoms with Crippen LogP contribution in [0.25, 0.3) is 32.7 Å². The summed E-state index contributed by atoms with van der Waals surface area (Å²) >= 11 is 0.793. The Labute approximate surface area is 784 Å². The van der Waals surface area contributed by atoms with E-state index in [1.807, 2.05) is 13.8 Å². The normalized spacial score (nSPS) is 23.3. The van der Waals surface area contributed by atoms with Crippen LogP contribution in [0.2, 0.25) is 0 Å². The summed E-state index contributed by atoms with van der Waals surface area (Å²) in [6.07, 6.45) is 7.54. The molecule has 2 aliphatic heterocycles. The molecule has 0 spiro atoms. The molecule has 44 heteroatoms. The van der Waals surface area contributed by atoms with Crippen LogP contribution in [0.1, 0.15) is 134 Å². The van der Waals surface area contributed by atoms with Crippen LogP contribution in [0.5, 0.6) is 0 Å². The largest absolute Gasteiger partial charge is 0.394 e. The van der Waals surface area contributed by atoms with Crippen molar-refractivity contribution in [3.63, 3.8) is 0 Å². The lowest BCUT2D eigenvalue weighted by molar-refractivity contribution is -0.149. The van der Waals surface area contributed by atoms with Crippen molar-refractivity contribution < 1.29 is 86.6 Å². The molecule has 730 valence electrons. The van der Waals surface area contributed by atoms with E-state index in [9.17, 15) is 53.1 Å². The third-order valence-corrected chi connectivity index (χ3v) is 25.0. The van der Waals surface area contributed by atoms with E-state index in [-0.39, 0.29) is 89.6 Å². The van der Waals surface area contributed by atoms with E-state index in [0.717, 1.165) is 36.3 Å². The Balaban J connectivity index is 1.09. The first-order valence-electron chi connectivity index (χ1n) is 45.2. The maximum atomic E-state index is 15.7. The second kappa shape index (κ2) is 50.2. The van der Waals surface area contributed by atoms with Gasteiger partial charge >= 0.3 is 0 Å². The molecule has 3 aromatic carbocycles. The van der Waals surface area contributed by atoms with Gasteiger partial charge in [0.15, 0.2) is 5.96 Å². The van der Waals surface area contributed by atoms with Crippen LogP contribution in [-0.2, 0) is 107 Å². The average Bonchev–Trinajstić information content (AvgIpc) is 1.77. The second-order valence-electron chi connectivity index (χ2n) is 34.5. The molecule has 6 heterocycles. The molecule has 2 fully saturated rings. The number of likely N-dealkylation sites (N-methyl/N-ethyl adjacent to an activating group) is 4. The van der Waals surface area contributed by atoms with Crippen molar-refractivity contribution in [1.29, 1.82) is 5.41 Å². The smallest absolute Gasteiger partial charge is 0.246 e. The SMILES string of the molecule is CCCC[C@H]1C(=O)N(C)[C@@H](CCCC)C(=O)N[C@@H](CCCNC(=N)N)C(=O)N[C@@H](C(=O)NCC(N)=O)CSCC(=O)N[C@@H](Cc2c[nH]c3ccccc23)C(=O)N(C)[C@@H](C)C(=O)N[C@@H](CC(N)=O)C(=O)N2CCC[C@H]2C(=O)N[C@@H](Cc2cnc[nH]2)C(=O)N[C@@H](CC(C)C)C(=O)N(C)CC(=O)N[C@@H](Cc2c[nH]c3ccccc23)C(=O)N[C@@H](CO)C(=O)N[C@@H](Cc2c[nH]c3ccccc23)C(=O)N1C. The molecule has 7 aromatic rings. The first kappa shape index (κ1) is 105. The van der Waals surface area contributed by atoms with Gasteiger partial charge in [-0.15, -0.1) is 11.8 Å². The van der Waals surface area contributed by atoms with E-state index < -0.39 is 223 Å². The number of rotatable bonds is 26. The molecule has 17 amide bonds. The van der Waals surface area contributed by atoms with E-state index in [1.165, 1.54) is 47.6 Å². The predicted octanol–water partition coefficient (Wildman–Crippen LogP) is -1.66. The maximum Gasteiger partial charge on any atom is 0.246 e. The van der Waals surface area contributed by atoms with Gasteiger partial charge in [-0.05, 0) is 92.7 Å². The Kier molecular flexibility index (Phi) is 39.0. The number of primary amides is 2. The van der Waals surface area contributed by atoms with Crippen molar-refractivity contribution in [2.24, 2.45) is 23.1 Å². The summed E-state index contributed by atoms with van der Waals surface area (Å²) in [7, 11) is 5.26. The second-order valence-corrected chi connectivity index (χ2v) is 35.6. The van der Waals surface area contributed by atoms with Crippen molar-refractivity contribution in [2.75, 3.05) is 72.5 Å². The minimum absolute atomic E-state index is 0.00249. The number of carbonyl (C=O) groups excluding carboxylic acids is 17. The molecule has 4 aromatic heterocycles. The number of aromatic amines is 4. The number of guanidine groups is 1. The Hall–Kier alpha value is -13.9. The number of aliphatic hydroxyl groups excluding tert-OH is 1. The standard InChI is InChI=1S/C91H127N25O18S/c1-10-12-29-71-84(128)105-62(28-20-32-97-91(94)95)80(124)111-70(79(123)101-44-75(93)119)47-135-48-77(121)104-66(36-53-41-99-60-26-18-15-23-57(53)60)87(131)113(7)51(5)78(122)107-68(39-74(92)118)89(133)116-33-21-31-72(116)85(129)106-64(38-55-43-96-49-102-55)82(126)108-65(34-50(3)4)86(130)112(6)45-76(120)103-63(35-52-40-98-59-25-17-14-22-56(52)59)81(125)110-69(46-117)83(127)109-67(37-54-42-100-61-27-19-16-24-58(54)61)88(132)115(9)73(30-13-11-2)90(134)114(71)8/h14-19,22-27,40-43,49-51,62-73,98-100,117H,10-13,20-21,28-39,44-48H2,1-9H3,(H2,92,118)(H2,93,119)(H,96,102)(H,101,123)(H,103,120)(H,104,121)(H,105,128)(H,106,129)(H,107,122)(H,108,126)(H,109,127)(H,110,125)(H,111,124)(H4,94,95,97)/t51-,62-,63-,64-,65-,66-,67-,68-,69-,70+,71-,72-,73-/m0/s1. The van der Waals surface area contributed by atoms with Gasteiger partial charge in [0.05, 0.1) is 38.2 Å². The highest BCUT2D eigenvalue weighted by Crippen LogP contribution is 2.27. The van der Waals surface area contributed by atoms with Crippen LogP contribution in [0, 0.1) is 11.3 Å². The van der Waals surface area contributed by atoms with Gasteiger partial charge in [-0.1, -0.05) is 108 Å². The number of H-pyrrole nitrogens is 4. The van der Waals surface area contributed by atoms with E-state index in [0.29, 0.717) is 80.8 Å². The van der Waals surface area contributed by atoms with E-state index in [2.05, 4.69) is 83.4 Å². The summed E-state index contributed by atoms with van der Waals surface area (Å²) in [5.41, 5.74) is 20.8. The number of thioether (sulfide) groups is 1. The number of fused-ring (bicyclic) bond motifs is 4. The lowest BCUT2D eigenvalue weighted by atomic mass is 10.00. The van der Waals surface area contributed by atoms with Crippen LogP contribution in [-0.4, -0.2) is 312 Å². The summed E-state index contributed by atoms with van der Waals surface area (Å²) in [4.78, 5) is 271. The van der Waals surface area contributed by atoms with Gasteiger partial charge in [0, 0.05) is 136 Å². The number of benzene rings is 3. The molecule has 0 bridgehead atoms. The summed E-state index contributed by atoms with van der Waals surface area (Å²) < 4.78 is 0. The number of aliphatic hydroxyl groups is 1. The van der Waals surface area contributed by atoms with Gasteiger partial charge in [-0.25, -0.2) is 4.98 Å². The molecule has 13 atom stereocenters. The summed E-state index contributed by atoms with van der Waals surface area (Å²) in [5.74, 6) is -17.2. The number of para-hydroxylation sites is 3. The Morgan fingerprint density at radius 3 is 1.56 bits per heavy atom. The number of hydrogen-bond acceptors (Lipinski definition) is 21. The first-order chi connectivity index (χ1) is 64.4. The number of imidazole rings is 1. The Morgan fingerprint density at radius 2 is 1.01 bits per heavy atom. The molecule has 0 aliphatic carbocycles. The third kappa shape index (κ3) is 29.3. The molecule has 135 heavy (non-hydrogen) atoms. The van der Waals surface area contributed by atoms with Crippen LogP contribution in [0.15, 0.2) is 104 Å². The highest BCUT2D eigenvalue weighted by atomic mass is 32.2. The van der Waals surface area contributed by atoms with Gasteiger partial charge in [0.1, 0.15) is 78.5 Å². The average molecular weight is 1890 g/mol.